The van der Waals surface area contributed by atoms with Crippen LogP contribution in [0.1, 0.15) is 20.8 Å². The largest absolute Gasteiger partial charge is 0.480 e. The second-order valence-electron chi connectivity index (χ2n) is 11.3. The van der Waals surface area contributed by atoms with Crippen molar-refractivity contribution in [2.45, 2.75) is 68.0 Å². The minimum absolute atomic E-state index is 0.0253. The number of carbonyl (C=O) groups is 2. The smallest absolute Gasteiger partial charge is 0.408 e. The third kappa shape index (κ3) is 11.1. The molecule has 0 saturated heterocycles. The maximum atomic E-state index is 13.9. The molecule has 1 aromatic carbocycles. The molecule has 0 spiro atoms. The summed E-state index contributed by atoms with van der Waals surface area (Å²) in [5.41, 5.74) is -0.835. The maximum absolute atomic E-state index is 13.9. The molecule has 43 heavy (non-hydrogen) atoms. The number of hydrogen-bond acceptors (Lipinski definition) is 10. The third-order valence-corrected chi connectivity index (χ3v) is 11.1. The first kappa shape index (κ1) is 37.2. The number of benzene rings is 1. The Morgan fingerprint density at radius 3 is 2.37 bits per heavy atom. The summed E-state index contributed by atoms with van der Waals surface area (Å²) in [6.07, 6.45) is -0.916. The molecule has 1 aromatic heterocycles. The van der Waals surface area contributed by atoms with Gasteiger partial charge in [-0.05, 0) is 38.9 Å². The Balaban J connectivity index is 2.46. The van der Waals surface area contributed by atoms with Crippen molar-refractivity contribution in [3.8, 4) is 5.88 Å². The average Bonchev–Trinajstić information content (AvgIpc) is 2.86. The molecule has 12 nitrogen and oxygen atoms in total. The number of alkyl carbamates (subject to hydrolysis) is 1. The van der Waals surface area contributed by atoms with Crippen LogP contribution in [-0.2, 0) is 24.3 Å². The zero-order valence-corrected chi connectivity index (χ0v) is 29.6. The first-order valence-corrected chi connectivity index (χ1v) is 20.0. The summed E-state index contributed by atoms with van der Waals surface area (Å²) >= 11 is 19.7. The molecule has 0 aliphatic rings. The molecule has 0 saturated carbocycles. The number of rotatable bonds is 14. The number of nitrogens with zero attached hydrogens (tertiary/aromatic N) is 3. The van der Waals surface area contributed by atoms with Gasteiger partial charge in [0.05, 0.1) is 17.2 Å². The van der Waals surface area contributed by atoms with Crippen molar-refractivity contribution in [1.82, 2.24) is 15.3 Å². The second kappa shape index (κ2) is 15.3. The lowest BCUT2D eigenvalue weighted by Crippen LogP contribution is -2.44. The summed E-state index contributed by atoms with van der Waals surface area (Å²) in [6, 6.07) is 3.56. The molecular weight excluding hydrogens is 683 g/mol. The van der Waals surface area contributed by atoms with E-state index in [0.29, 0.717) is 0 Å². The van der Waals surface area contributed by atoms with Gasteiger partial charge in [-0.15, -0.1) is 11.8 Å². The standard InChI is InChI=1S/C25H35Cl3N4O8S2Si/c1-25(2,3)40-24(35)29-16(23(33)34)13-41-22-19(28)30-20(21(31-22)38-4)32(14-39-11-12-43(5,6)7)42(36,37)17-10-8-9-15(26)18(17)27/h8-10,16H,11-14H2,1-7H3,(H,29,35)(H,33,34)/t16-/m0/s1. The van der Waals surface area contributed by atoms with Gasteiger partial charge in [-0.1, -0.05) is 60.5 Å². The van der Waals surface area contributed by atoms with E-state index in [1.807, 2.05) is 0 Å². The van der Waals surface area contributed by atoms with Crippen molar-refractivity contribution in [1.29, 1.82) is 0 Å². The zero-order chi connectivity index (χ0) is 32.8. The van der Waals surface area contributed by atoms with Crippen LogP contribution in [0, 0.1) is 0 Å². The van der Waals surface area contributed by atoms with Crippen LogP contribution in [0.15, 0.2) is 28.1 Å². The highest BCUT2D eigenvalue weighted by atomic mass is 35.5. The van der Waals surface area contributed by atoms with Crippen LogP contribution in [0.5, 0.6) is 5.88 Å². The van der Waals surface area contributed by atoms with Crippen LogP contribution in [0.4, 0.5) is 10.6 Å². The van der Waals surface area contributed by atoms with E-state index in [1.54, 1.807) is 20.8 Å². The molecule has 0 bridgehead atoms. The number of halogens is 3. The molecule has 2 aromatic rings. The van der Waals surface area contributed by atoms with Gasteiger partial charge in [0.15, 0.2) is 5.15 Å². The molecule has 0 aliphatic carbocycles. The molecule has 2 rings (SSSR count). The summed E-state index contributed by atoms with van der Waals surface area (Å²) in [5, 5.41) is 11.5. The van der Waals surface area contributed by atoms with Gasteiger partial charge < -0.3 is 24.6 Å². The van der Waals surface area contributed by atoms with Gasteiger partial charge in [0, 0.05) is 20.4 Å². The minimum Gasteiger partial charge on any atom is -0.480 e. The van der Waals surface area contributed by atoms with Gasteiger partial charge in [-0.2, -0.15) is 0 Å². The highest BCUT2D eigenvalue weighted by Gasteiger charge is 2.33. The number of ether oxygens (including phenoxy) is 3. The van der Waals surface area contributed by atoms with E-state index in [2.05, 4.69) is 34.9 Å². The number of thioether (sulfide) groups is 1. The number of amides is 1. The molecule has 0 fully saturated rings. The molecule has 1 amide bonds. The Bertz CT molecular complexity index is 1420. The number of aliphatic carboxylic acids is 1. The summed E-state index contributed by atoms with van der Waals surface area (Å²) in [4.78, 5) is 32.1. The first-order chi connectivity index (χ1) is 19.8. The van der Waals surface area contributed by atoms with E-state index < -0.39 is 48.5 Å². The lowest BCUT2D eigenvalue weighted by molar-refractivity contribution is -0.138. The molecule has 1 heterocycles. The number of methoxy groups -OCH3 is 1. The predicted molar refractivity (Wildman–Crippen MR) is 170 cm³/mol. The van der Waals surface area contributed by atoms with Crippen molar-refractivity contribution in [3.05, 3.63) is 33.4 Å². The number of carbonyl (C=O) groups excluding carboxylic acids is 1. The zero-order valence-electron chi connectivity index (χ0n) is 24.7. The molecule has 1 atom stereocenters. The highest BCUT2D eigenvalue weighted by molar-refractivity contribution is 7.99. The topological polar surface area (TPSA) is 157 Å². The fourth-order valence-electron chi connectivity index (χ4n) is 3.13. The average molecular weight is 718 g/mol. The SMILES string of the molecule is COc1nc(SC[C@H](NC(=O)OC(C)(C)C)C(=O)O)c(Cl)nc1N(COCC[Si](C)(C)C)S(=O)(=O)c1cccc(Cl)c1Cl. The quantitative estimate of drug-likeness (QED) is 0.102. The second-order valence-corrected chi connectivity index (χ2v) is 20.9. The van der Waals surface area contributed by atoms with Crippen LogP contribution in [0.3, 0.4) is 0 Å². The van der Waals surface area contributed by atoms with Crippen LogP contribution in [-0.4, -0.2) is 81.5 Å². The van der Waals surface area contributed by atoms with E-state index >= 15 is 0 Å². The molecule has 0 unspecified atom stereocenters. The normalized spacial score (nSPS) is 12.9. The van der Waals surface area contributed by atoms with Crippen LogP contribution in [0.2, 0.25) is 40.9 Å². The first-order valence-electron chi connectivity index (χ1n) is 12.8. The highest BCUT2D eigenvalue weighted by Crippen LogP contribution is 2.37. The van der Waals surface area contributed by atoms with Crippen molar-refractivity contribution in [2.24, 2.45) is 0 Å². The molecule has 18 heteroatoms. The van der Waals surface area contributed by atoms with Crippen molar-refractivity contribution < 1.29 is 37.3 Å². The Labute approximate surface area is 271 Å². The molecule has 240 valence electrons. The number of anilines is 1. The predicted octanol–water partition coefficient (Wildman–Crippen LogP) is 6.02. The van der Waals surface area contributed by atoms with Crippen molar-refractivity contribution in [2.75, 3.05) is 30.5 Å². The Hall–Kier alpha value is -2.01. The van der Waals surface area contributed by atoms with Crippen molar-refractivity contribution >= 4 is 82.5 Å². The number of sulfonamides is 1. The molecule has 0 aliphatic heterocycles. The van der Waals surface area contributed by atoms with Crippen LogP contribution >= 0.6 is 46.6 Å². The summed E-state index contributed by atoms with van der Waals surface area (Å²) in [6.45, 7) is 11.2. The van der Waals surface area contributed by atoms with E-state index in [0.717, 1.165) is 22.1 Å². The van der Waals surface area contributed by atoms with Crippen LogP contribution < -0.4 is 14.4 Å². The minimum atomic E-state index is -4.43. The number of hydrogen-bond donors (Lipinski definition) is 2. The van der Waals surface area contributed by atoms with Gasteiger partial charge in [0.2, 0.25) is 5.82 Å². The number of carboxylic acid groups (broad SMARTS) is 1. The van der Waals surface area contributed by atoms with Gasteiger partial charge in [0.25, 0.3) is 15.9 Å². The van der Waals surface area contributed by atoms with Gasteiger partial charge >= 0.3 is 12.1 Å². The van der Waals surface area contributed by atoms with Gasteiger partial charge in [-0.3, -0.25) is 0 Å². The molecular formula is C25H35Cl3N4O8S2Si. The van der Waals surface area contributed by atoms with E-state index in [-0.39, 0.29) is 49.2 Å². The number of aromatic nitrogens is 2. The Morgan fingerprint density at radius 2 is 1.81 bits per heavy atom. The molecule has 0 radical (unpaired) electrons. The lowest BCUT2D eigenvalue weighted by atomic mass is 10.2. The summed E-state index contributed by atoms with van der Waals surface area (Å²) in [5.74, 6) is -2.07. The van der Waals surface area contributed by atoms with Crippen LogP contribution in [0.25, 0.3) is 0 Å². The number of nitrogens with one attached hydrogen (secondary N) is 1. The Morgan fingerprint density at radius 1 is 1.16 bits per heavy atom. The number of carboxylic acids is 1. The van der Waals surface area contributed by atoms with Gasteiger partial charge in [-0.25, -0.2) is 32.3 Å². The third-order valence-electron chi connectivity index (χ3n) is 5.27. The summed E-state index contributed by atoms with van der Waals surface area (Å²) in [7, 11) is -4.68. The Kier molecular flexibility index (Phi) is 13.2. The lowest BCUT2D eigenvalue weighted by Gasteiger charge is -2.26. The van der Waals surface area contributed by atoms with Crippen molar-refractivity contribution in [3.63, 3.8) is 0 Å². The van der Waals surface area contributed by atoms with E-state index in [9.17, 15) is 23.1 Å². The van der Waals surface area contributed by atoms with Gasteiger partial charge in [0.1, 0.15) is 28.3 Å². The monoisotopic (exact) mass is 716 g/mol. The fourth-order valence-corrected chi connectivity index (χ4v) is 7.07. The summed E-state index contributed by atoms with van der Waals surface area (Å²) < 4.78 is 44.8. The van der Waals surface area contributed by atoms with E-state index in [4.69, 9.17) is 49.0 Å². The fraction of sp³-hybridized carbons (Fsp3) is 0.520. The maximum Gasteiger partial charge on any atom is 0.408 e. The van der Waals surface area contributed by atoms with E-state index in [1.165, 1.54) is 25.3 Å². The molecule has 2 N–H and O–H groups in total.